The zero-order valence-electron chi connectivity index (χ0n) is 22.9. The lowest BCUT2D eigenvalue weighted by atomic mass is 9.95. The third kappa shape index (κ3) is 6.95. The van der Waals surface area contributed by atoms with Crippen LogP contribution in [-0.2, 0) is 29.0 Å². The Morgan fingerprint density at radius 3 is 2.25 bits per heavy atom. The minimum Gasteiger partial charge on any atom is -0.357 e. The number of ketones is 1. The van der Waals surface area contributed by atoms with Crippen LogP contribution in [0.4, 0.5) is 0 Å². The number of amides is 2. The lowest BCUT2D eigenvalue weighted by molar-refractivity contribution is -0.140. The molecule has 2 aromatic rings. The molecule has 0 saturated heterocycles. The summed E-state index contributed by atoms with van der Waals surface area (Å²) < 4.78 is 1.72. The van der Waals surface area contributed by atoms with Crippen LogP contribution in [0.2, 0.25) is 0 Å². The number of nitrogens with one attached hydrogen (secondary N) is 1. The molecule has 1 atom stereocenters. The van der Waals surface area contributed by atoms with Crippen molar-refractivity contribution in [3.8, 4) is 0 Å². The number of Topliss-reactive ketones (excluding diaryl/α,β-unsaturated/α-hetero) is 1. The molecule has 1 N–H and O–H groups in total. The first-order valence-corrected chi connectivity index (χ1v) is 13.8. The zero-order chi connectivity index (χ0) is 26.2. The van der Waals surface area contributed by atoms with Gasteiger partial charge in [-0.1, -0.05) is 58.4 Å². The highest BCUT2D eigenvalue weighted by Gasteiger charge is 2.27. The molecule has 2 amide bonds. The lowest BCUT2D eigenvalue weighted by Gasteiger charge is -2.28. The molecule has 1 aliphatic heterocycles. The average Bonchev–Trinajstić information content (AvgIpc) is 3.18. The highest BCUT2D eigenvalue weighted by Crippen LogP contribution is 2.28. The molecule has 2 heterocycles. The molecule has 0 fully saturated rings. The molecule has 0 unspecified atom stereocenters. The van der Waals surface area contributed by atoms with Crippen LogP contribution in [0.15, 0.2) is 12.1 Å². The van der Waals surface area contributed by atoms with E-state index in [4.69, 9.17) is 0 Å². The summed E-state index contributed by atoms with van der Waals surface area (Å²) in [7, 11) is 1.60. The van der Waals surface area contributed by atoms with E-state index in [-0.39, 0.29) is 24.1 Å². The fourth-order valence-corrected chi connectivity index (χ4v) is 5.39. The SMILES string of the molecule is CNC(=O)[C@H](C)N1CCCCCCCCCCc2cc(CC(C)C)cc3c(C(C)=O)nn(c23)CC1=O. The number of aryl methyl sites for hydroxylation is 1. The number of nitrogens with zero attached hydrogens (tertiary/aromatic N) is 3. The molecule has 1 aromatic carbocycles. The van der Waals surface area contributed by atoms with Crippen LogP contribution in [0, 0.1) is 5.92 Å². The smallest absolute Gasteiger partial charge is 0.245 e. The lowest BCUT2D eigenvalue weighted by Crippen LogP contribution is -2.48. The third-order valence-electron chi connectivity index (χ3n) is 7.25. The molecule has 3 rings (SSSR count). The number of hydrogen-bond acceptors (Lipinski definition) is 4. The molecular weight excluding hydrogens is 452 g/mol. The maximum absolute atomic E-state index is 13.6. The van der Waals surface area contributed by atoms with Crippen LogP contribution in [-0.4, -0.2) is 51.9 Å². The van der Waals surface area contributed by atoms with Gasteiger partial charge in [-0.3, -0.25) is 19.1 Å². The molecule has 0 radical (unpaired) electrons. The van der Waals surface area contributed by atoms with Gasteiger partial charge in [0.15, 0.2) is 5.78 Å². The van der Waals surface area contributed by atoms with Crippen molar-refractivity contribution in [1.82, 2.24) is 20.0 Å². The van der Waals surface area contributed by atoms with Crippen LogP contribution < -0.4 is 5.32 Å². The third-order valence-corrected chi connectivity index (χ3v) is 7.25. The van der Waals surface area contributed by atoms with E-state index in [1.807, 2.05) is 0 Å². The maximum atomic E-state index is 13.6. The number of rotatable bonds is 5. The fourth-order valence-electron chi connectivity index (χ4n) is 5.39. The van der Waals surface area contributed by atoms with Gasteiger partial charge in [0.05, 0.1) is 5.52 Å². The second-order valence-electron chi connectivity index (χ2n) is 10.8. The van der Waals surface area contributed by atoms with Crippen LogP contribution in [0.25, 0.3) is 10.9 Å². The Balaban J connectivity index is 2.09. The Kier molecular flexibility index (Phi) is 10.1. The molecule has 0 spiro atoms. The van der Waals surface area contributed by atoms with Crippen molar-refractivity contribution in [1.29, 1.82) is 0 Å². The minimum atomic E-state index is -0.562. The first-order valence-electron chi connectivity index (χ1n) is 13.8. The van der Waals surface area contributed by atoms with Crippen molar-refractivity contribution in [3.05, 3.63) is 29.0 Å². The van der Waals surface area contributed by atoms with E-state index in [0.29, 0.717) is 18.2 Å². The van der Waals surface area contributed by atoms with Crippen LogP contribution >= 0.6 is 0 Å². The Morgan fingerprint density at radius 2 is 1.64 bits per heavy atom. The molecule has 198 valence electrons. The van der Waals surface area contributed by atoms with Gasteiger partial charge in [-0.2, -0.15) is 5.10 Å². The Hall–Kier alpha value is -2.70. The summed E-state index contributed by atoms with van der Waals surface area (Å²) in [6.07, 6.45) is 10.8. The molecule has 0 saturated carbocycles. The van der Waals surface area contributed by atoms with Gasteiger partial charge in [0.1, 0.15) is 18.3 Å². The van der Waals surface area contributed by atoms with E-state index in [1.54, 1.807) is 23.6 Å². The first kappa shape index (κ1) is 27.9. The van der Waals surface area contributed by atoms with Gasteiger partial charge < -0.3 is 10.2 Å². The maximum Gasteiger partial charge on any atom is 0.245 e. The van der Waals surface area contributed by atoms with E-state index >= 15 is 0 Å². The summed E-state index contributed by atoms with van der Waals surface area (Å²) in [5.74, 6) is 0.0831. The normalized spacial score (nSPS) is 17.4. The van der Waals surface area contributed by atoms with Gasteiger partial charge in [-0.25, -0.2) is 0 Å². The van der Waals surface area contributed by atoms with E-state index in [0.717, 1.165) is 55.0 Å². The van der Waals surface area contributed by atoms with E-state index < -0.39 is 6.04 Å². The Labute approximate surface area is 216 Å². The minimum absolute atomic E-state index is 0.0155. The second kappa shape index (κ2) is 13.0. The largest absolute Gasteiger partial charge is 0.357 e. The van der Waals surface area contributed by atoms with Crippen molar-refractivity contribution in [2.24, 2.45) is 5.92 Å². The van der Waals surface area contributed by atoms with E-state index in [9.17, 15) is 14.4 Å². The monoisotopic (exact) mass is 496 g/mol. The highest BCUT2D eigenvalue weighted by atomic mass is 16.2. The number of benzene rings is 1. The summed E-state index contributed by atoms with van der Waals surface area (Å²) in [4.78, 5) is 40.3. The molecule has 1 aromatic heterocycles. The first-order chi connectivity index (χ1) is 17.2. The topological polar surface area (TPSA) is 84.3 Å². The van der Waals surface area contributed by atoms with Crippen LogP contribution in [0.1, 0.15) is 101 Å². The van der Waals surface area contributed by atoms with Crippen molar-refractivity contribution in [2.45, 2.75) is 104 Å². The van der Waals surface area contributed by atoms with E-state index in [2.05, 4.69) is 36.4 Å². The number of hydrogen-bond donors (Lipinski definition) is 1. The van der Waals surface area contributed by atoms with E-state index in [1.165, 1.54) is 38.2 Å². The van der Waals surface area contributed by atoms with Crippen molar-refractivity contribution in [2.75, 3.05) is 13.6 Å². The van der Waals surface area contributed by atoms with Gasteiger partial charge in [-0.15, -0.1) is 0 Å². The summed E-state index contributed by atoms with van der Waals surface area (Å²) in [6.45, 7) is 8.27. The molecule has 0 aliphatic carbocycles. The number of carbonyl (C=O) groups excluding carboxylic acids is 3. The van der Waals surface area contributed by atoms with Gasteiger partial charge in [0.2, 0.25) is 11.8 Å². The fraction of sp³-hybridized carbons (Fsp3) is 0.655. The zero-order valence-corrected chi connectivity index (χ0v) is 22.9. The number of carbonyl (C=O) groups is 3. The summed E-state index contributed by atoms with van der Waals surface area (Å²) >= 11 is 0. The molecule has 7 nitrogen and oxygen atoms in total. The van der Waals surface area contributed by atoms with Gasteiger partial charge in [0.25, 0.3) is 0 Å². The predicted molar refractivity (Wildman–Crippen MR) is 144 cm³/mol. The molecule has 36 heavy (non-hydrogen) atoms. The summed E-state index contributed by atoms with van der Waals surface area (Å²) in [5, 5.41) is 8.19. The molecule has 7 heteroatoms. The van der Waals surface area contributed by atoms with Gasteiger partial charge in [-0.05, 0) is 55.7 Å². The van der Waals surface area contributed by atoms with Crippen molar-refractivity contribution < 1.29 is 14.4 Å². The standard InChI is InChI=1S/C29H44N4O3/c1-20(2)16-23-17-24-14-12-10-8-6-7-9-11-13-15-32(21(3)29(36)30-5)26(35)19-33-28(24)25(18-23)27(31-33)22(4)34/h17-18,20-21H,6-16,19H2,1-5H3,(H,30,36)/t21-/m0/s1. The van der Waals surface area contributed by atoms with Crippen LogP contribution in [0.5, 0.6) is 0 Å². The highest BCUT2D eigenvalue weighted by molar-refractivity contribution is 6.06. The predicted octanol–water partition coefficient (Wildman–Crippen LogP) is 5.08. The van der Waals surface area contributed by atoms with Gasteiger partial charge in [0, 0.05) is 25.9 Å². The second-order valence-corrected chi connectivity index (χ2v) is 10.8. The summed E-state index contributed by atoms with van der Waals surface area (Å²) in [6, 6.07) is 3.78. The Morgan fingerprint density at radius 1 is 1.00 bits per heavy atom. The Bertz CT molecular complexity index is 1070. The number of likely N-dealkylation sites (N-methyl/N-ethyl adjacent to an activating group) is 1. The van der Waals surface area contributed by atoms with Crippen molar-refractivity contribution >= 4 is 28.5 Å². The molecule has 0 bridgehead atoms. The summed E-state index contributed by atoms with van der Waals surface area (Å²) in [5.41, 5.74) is 3.69. The molecule has 1 aliphatic rings. The molecular formula is C29H44N4O3. The average molecular weight is 497 g/mol. The van der Waals surface area contributed by atoms with Crippen molar-refractivity contribution in [3.63, 3.8) is 0 Å². The quantitative estimate of drug-likeness (QED) is 0.585. The van der Waals surface area contributed by atoms with Gasteiger partial charge >= 0.3 is 0 Å². The van der Waals surface area contributed by atoms with Crippen LogP contribution in [0.3, 0.4) is 0 Å². The number of aromatic nitrogens is 2.